The van der Waals surface area contributed by atoms with Gasteiger partial charge >= 0.3 is 0 Å². The van der Waals surface area contributed by atoms with Crippen molar-refractivity contribution >= 4 is 20.9 Å². The smallest absolute Gasteiger partial charge is 0.241 e. The van der Waals surface area contributed by atoms with Crippen LogP contribution in [0.15, 0.2) is 53.6 Å². The molecule has 0 atom stereocenters. The van der Waals surface area contributed by atoms with Crippen LogP contribution in [0.5, 0.6) is 0 Å². The third kappa shape index (κ3) is 2.12. The van der Waals surface area contributed by atoms with Crippen LogP contribution in [-0.2, 0) is 29.3 Å². The van der Waals surface area contributed by atoms with Gasteiger partial charge in [-0.2, -0.15) is 0 Å². The minimum Gasteiger partial charge on any atom is -0.241 e. The Hall–Kier alpha value is -2.07. The molecule has 1 aromatic heterocycles. The number of nitrogens with zero attached hydrogens (tertiary/aromatic N) is 1. The van der Waals surface area contributed by atoms with Gasteiger partial charge in [-0.1, -0.05) is 31.2 Å². The Kier molecular flexibility index (Phi) is 3.31. The fourth-order valence-corrected chi connectivity index (χ4v) is 5.05. The van der Waals surface area contributed by atoms with E-state index in [0.717, 1.165) is 36.6 Å². The van der Waals surface area contributed by atoms with Crippen LogP contribution in [0.4, 0.5) is 0 Å². The zero-order valence-corrected chi connectivity index (χ0v) is 13.9. The highest BCUT2D eigenvalue weighted by Crippen LogP contribution is 2.35. The second-order valence-corrected chi connectivity index (χ2v) is 7.89. The highest BCUT2D eigenvalue weighted by atomic mass is 32.2. The number of rotatable bonds is 3. The zero-order valence-electron chi connectivity index (χ0n) is 13.1. The number of aromatic nitrogens is 1. The summed E-state index contributed by atoms with van der Waals surface area (Å²) in [6, 6.07) is 12.9. The maximum atomic E-state index is 13.1. The summed E-state index contributed by atoms with van der Waals surface area (Å²) in [6.07, 6.45) is 5.75. The molecule has 0 spiro atoms. The lowest BCUT2D eigenvalue weighted by molar-refractivity contribution is 0.589. The largest absolute Gasteiger partial charge is 0.268 e. The number of benzene rings is 2. The van der Waals surface area contributed by atoms with Gasteiger partial charge in [0.1, 0.15) is 0 Å². The normalized spacial score (nSPS) is 14.3. The average Bonchev–Trinajstić information content (AvgIpc) is 3.21. The predicted molar refractivity (Wildman–Crippen MR) is 92.4 cm³/mol. The SMILES string of the molecule is CCc1cc2c(c3c1ccn3S(=O)(=O)c1ccccc1)CCC2. The molecule has 0 N–H and O–H groups in total. The van der Waals surface area contributed by atoms with Crippen LogP contribution in [0.25, 0.3) is 10.9 Å². The lowest BCUT2D eigenvalue weighted by Gasteiger charge is -2.12. The highest BCUT2D eigenvalue weighted by molar-refractivity contribution is 7.90. The Morgan fingerprint density at radius 2 is 1.87 bits per heavy atom. The third-order valence-corrected chi connectivity index (χ3v) is 6.46. The molecule has 1 aliphatic carbocycles. The van der Waals surface area contributed by atoms with Crippen LogP contribution >= 0.6 is 0 Å². The Balaban J connectivity index is 2.05. The molecule has 0 bridgehead atoms. The minimum absolute atomic E-state index is 0.339. The number of aryl methyl sites for hydroxylation is 3. The van der Waals surface area contributed by atoms with Crippen LogP contribution in [0.2, 0.25) is 0 Å². The quantitative estimate of drug-likeness (QED) is 0.732. The minimum atomic E-state index is -3.55. The molecule has 0 aliphatic heterocycles. The van der Waals surface area contributed by atoms with E-state index in [2.05, 4.69) is 13.0 Å². The van der Waals surface area contributed by atoms with Crippen LogP contribution < -0.4 is 0 Å². The molecule has 0 saturated heterocycles. The van der Waals surface area contributed by atoms with E-state index in [9.17, 15) is 8.42 Å². The molecule has 1 aliphatic rings. The average molecular weight is 325 g/mol. The molecule has 0 fully saturated rings. The Morgan fingerprint density at radius 3 is 2.61 bits per heavy atom. The summed E-state index contributed by atoms with van der Waals surface area (Å²) >= 11 is 0. The highest BCUT2D eigenvalue weighted by Gasteiger charge is 2.24. The molecule has 2 aromatic carbocycles. The van der Waals surface area contributed by atoms with Gasteiger partial charge in [0.25, 0.3) is 10.0 Å². The van der Waals surface area contributed by atoms with Crippen molar-refractivity contribution in [2.75, 3.05) is 0 Å². The van der Waals surface area contributed by atoms with Gasteiger partial charge in [-0.25, -0.2) is 12.4 Å². The van der Waals surface area contributed by atoms with Gasteiger partial charge in [-0.15, -0.1) is 0 Å². The van der Waals surface area contributed by atoms with Crippen LogP contribution in [0, 0.1) is 0 Å². The molecular formula is C19H19NO2S. The van der Waals surface area contributed by atoms with E-state index in [1.54, 1.807) is 30.5 Å². The summed E-state index contributed by atoms with van der Waals surface area (Å²) < 4.78 is 27.6. The predicted octanol–water partition coefficient (Wildman–Crippen LogP) is 3.93. The van der Waals surface area contributed by atoms with Gasteiger partial charge < -0.3 is 0 Å². The maximum absolute atomic E-state index is 13.1. The summed E-state index contributed by atoms with van der Waals surface area (Å²) in [7, 11) is -3.55. The molecule has 23 heavy (non-hydrogen) atoms. The fourth-order valence-electron chi connectivity index (χ4n) is 3.65. The van der Waals surface area contributed by atoms with E-state index in [1.807, 2.05) is 12.1 Å². The van der Waals surface area contributed by atoms with Gasteiger partial charge in [0.2, 0.25) is 0 Å². The van der Waals surface area contributed by atoms with Crippen molar-refractivity contribution in [2.24, 2.45) is 0 Å². The van der Waals surface area contributed by atoms with Crippen molar-refractivity contribution in [1.82, 2.24) is 3.97 Å². The van der Waals surface area contributed by atoms with Crippen LogP contribution in [0.1, 0.15) is 30.0 Å². The van der Waals surface area contributed by atoms with E-state index in [1.165, 1.54) is 20.7 Å². The second-order valence-electron chi connectivity index (χ2n) is 6.07. The molecule has 0 radical (unpaired) electrons. The van der Waals surface area contributed by atoms with Crippen molar-refractivity contribution < 1.29 is 8.42 Å². The summed E-state index contributed by atoms with van der Waals surface area (Å²) in [5, 5.41) is 1.08. The van der Waals surface area contributed by atoms with Gasteiger partial charge in [0.05, 0.1) is 10.4 Å². The monoisotopic (exact) mass is 325 g/mol. The van der Waals surface area contributed by atoms with Gasteiger partial charge in [-0.3, -0.25) is 0 Å². The van der Waals surface area contributed by atoms with E-state index in [0.29, 0.717) is 4.90 Å². The molecule has 3 nitrogen and oxygen atoms in total. The van der Waals surface area contributed by atoms with Crippen LogP contribution in [0.3, 0.4) is 0 Å². The first-order chi connectivity index (χ1) is 11.1. The first kappa shape index (κ1) is 14.5. The van der Waals surface area contributed by atoms with E-state index in [-0.39, 0.29) is 0 Å². The molecule has 1 heterocycles. The number of hydrogen-bond acceptors (Lipinski definition) is 2. The van der Waals surface area contributed by atoms with Gasteiger partial charge in [0, 0.05) is 11.6 Å². The van der Waals surface area contributed by atoms with E-state index in [4.69, 9.17) is 0 Å². The Bertz CT molecular complexity index is 985. The van der Waals surface area contributed by atoms with Crippen molar-refractivity contribution in [3.63, 3.8) is 0 Å². The topological polar surface area (TPSA) is 39.1 Å². The third-order valence-electron chi connectivity index (χ3n) is 4.77. The van der Waals surface area contributed by atoms with Crippen molar-refractivity contribution in [2.45, 2.75) is 37.5 Å². The molecule has 118 valence electrons. The van der Waals surface area contributed by atoms with Gasteiger partial charge in [-0.05, 0) is 60.6 Å². The molecule has 0 saturated carbocycles. The van der Waals surface area contributed by atoms with Crippen molar-refractivity contribution in [1.29, 1.82) is 0 Å². The zero-order chi connectivity index (χ0) is 16.0. The first-order valence-electron chi connectivity index (χ1n) is 8.08. The molecule has 4 rings (SSSR count). The number of fused-ring (bicyclic) bond motifs is 3. The van der Waals surface area contributed by atoms with Crippen molar-refractivity contribution in [3.05, 3.63) is 65.4 Å². The molecular weight excluding hydrogens is 306 g/mol. The van der Waals surface area contributed by atoms with Crippen molar-refractivity contribution in [3.8, 4) is 0 Å². The first-order valence-corrected chi connectivity index (χ1v) is 9.52. The number of hydrogen-bond donors (Lipinski definition) is 0. The lowest BCUT2D eigenvalue weighted by Crippen LogP contribution is -2.12. The van der Waals surface area contributed by atoms with E-state index >= 15 is 0 Å². The molecule has 0 unspecified atom stereocenters. The van der Waals surface area contributed by atoms with E-state index < -0.39 is 10.0 Å². The second kappa shape index (κ2) is 5.24. The summed E-state index contributed by atoms with van der Waals surface area (Å²) in [5.74, 6) is 0. The Labute approximate surface area is 136 Å². The maximum Gasteiger partial charge on any atom is 0.268 e. The molecule has 3 aromatic rings. The summed E-state index contributed by atoms with van der Waals surface area (Å²) in [6.45, 7) is 2.12. The molecule has 4 heteroatoms. The summed E-state index contributed by atoms with van der Waals surface area (Å²) in [5.41, 5.74) is 4.66. The Morgan fingerprint density at radius 1 is 1.09 bits per heavy atom. The van der Waals surface area contributed by atoms with Gasteiger partial charge in [0.15, 0.2) is 0 Å². The fraction of sp³-hybridized carbons (Fsp3) is 0.263. The molecule has 0 amide bonds. The standard InChI is InChI=1S/C19H19NO2S/c1-2-14-13-15-7-6-10-17(15)19-18(14)11-12-20(19)23(21,22)16-8-4-3-5-9-16/h3-5,8-9,11-13H,2,6-7,10H2,1H3. The van der Waals surface area contributed by atoms with Crippen LogP contribution in [-0.4, -0.2) is 12.4 Å². The summed E-state index contributed by atoms with van der Waals surface area (Å²) in [4.78, 5) is 0.339. The lowest BCUT2D eigenvalue weighted by atomic mass is 10.00.